The number of benzene rings is 1. The maximum atomic E-state index is 11.8. The number of amides is 1. The molecule has 0 saturated heterocycles. The van der Waals surface area contributed by atoms with Gasteiger partial charge in [-0.15, -0.1) is 0 Å². The second-order valence-electron chi connectivity index (χ2n) is 5.17. The number of hydrogen-bond acceptors (Lipinski definition) is 1. The van der Waals surface area contributed by atoms with Crippen LogP contribution in [0.3, 0.4) is 0 Å². The lowest BCUT2D eigenvalue weighted by atomic mass is 9.77. The zero-order valence-electron chi connectivity index (χ0n) is 9.21. The zero-order chi connectivity index (χ0) is 10.6. The summed E-state index contributed by atoms with van der Waals surface area (Å²) in [4.78, 5) is 13.8. The molecule has 2 nitrogen and oxygen atoms in total. The van der Waals surface area contributed by atoms with Crippen LogP contribution in [0.2, 0.25) is 0 Å². The average Bonchev–Trinajstić information content (AvgIpc) is 2.50. The van der Waals surface area contributed by atoms with Crippen LogP contribution in [0.25, 0.3) is 0 Å². The van der Waals surface area contributed by atoms with Crippen molar-refractivity contribution in [2.24, 2.45) is 0 Å². The second-order valence-corrected chi connectivity index (χ2v) is 5.17. The predicted molar refractivity (Wildman–Crippen MR) is 60.1 cm³/mol. The summed E-state index contributed by atoms with van der Waals surface area (Å²) in [6.07, 6.45) is 1.66. The van der Waals surface area contributed by atoms with Crippen LogP contribution in [0.5, 0.6) is 0 Å². The Morgan fingerprint density at radius 3 is 2.93 bits per heavy atom. The van der Waals surface area contributed by atoms with Crippen LogP contribution in [-0.2, 0) is 16.6 Å². The first-order valence-corrected chi connectivity index (χ1v) is 5.52. The van der Waals surface area contributed by atoms with E-state index in [2.05, 4.69) is 32.0 Å². The highest BCUT2D eigenvalue weighted by molar-refractivity contribution is 6.03. The van der Waals surface area contributed by atoms with Gasteiger partial charge in [0.1, 0.15) is 0 Å². The van der Waals surface area contributed by atoms with Crippen LogP contribution in [0, 0.1) is 0 Å². The Kier molecular flexibility index (Phi) is 1.57. The predicted octanol–water partition coefficient (Wildman–Crippen LogP) is 2.26. The van der Waals surface area contributed by atoms with Crippen molar-refractivity contribution in [2.45, 2.75) is 32.1 Å². The molecule has 78 valence electrons. The smallest absolute Gasteiger partial charge is 0.231 e. The fraction of sp³-hybridized carbons (Fsp3) is 0.462. The van der Waals surface area contributed by atoms with E-state index in [9.17, 15) is 4.79 Å². The molecule has 3 rings (SSSR count). The Balaban J connectivity index is 2.27. The summed E-state index contributed by atoms with van der Waals surface area (Å²) < 4.78 is 0. The highest BCUT2D eigenvalue weighted by atomic mass is 16.2. The molecule has 1 amide bonds. The number of para-hydroxylation sites is 1. The van der Waals surface area contributed by atoms with E-state index < -0.39 is 0 Å². The van der Waals surface area contributed by atoms with Gasteiger partial charge in [-0.05, 0) is 23.0 Å². The molecule has 15 heavy (non-hydrogen) atoms. The molecular formula is C13H15NO. The summed E-state index contributed by atoms with van der Waals surface area (Å²) in [5.74, 6) is 0.271. The second kappa shape index (κ2) is 2.63. The van der Waals surface area contributed by atoms with Gasteiger partial charge in [-0.3, -0.25) is 4.79 Å². The minimum absolute atomic E-state index is 0.215. The average molecular weight is 201 g/mol. The minimum Gasteiger partial charge on any atom is -0.312 e. The van der Waals surface area contributed by atoms with Crippen molar-refractivity contribution in [1.29, 1.82) is 0 Å². The maximum Gasteiger partial charge on any atom is 0.231 e. The number of nitrogens with zero attached hydrogens (tertiary/aromatic N) is 1. The van der Waals surface area contributed by atoms with Crippen LogP contribution >= 0.6 is 0 Å². The van der Waals surface area contributed by atoms with Gasteiger partial charge in [-0.2, -0.15) is 0 Å². The largest absolute Gasteiger partial charge is 0.312 e. The molecule has 0 fully saturated rings. The quantitative estimate of drug-likeness (QED) is 0.630. The van der Waals surface area contributed by atoms with Crippen molar-refractivity contribution in [1.82, 2.24) is 0 Å². The third kappa shape index (κ3) is 1.08. The molecule has 2 heteroatoms. The normalized spacial score (nSPS) is 21.7. The fourth-order valence-electron chi connectivity index (χ4n) is 2.74. The molecule has 0 unspecified atom stereocenters. The fourth-order valence-corrected chi connectivity index (χ4v) is 2.74. The molecule has 0 N–H and O–H groups in total. The highest BCUT2D eigenvalue weighted by Gasteiger charge is 2.38. The van der Waals surface area contributed by atoms with Crippen molar-refractivity contribution in [2.75, 3.05) is 11.4 Å². The van der Waals surface area contributed by atoms with Crippen LogP contribution in [0.15, 0.2) is 18.2 Å². The molecule has 0 radical (unpaired) electrons. The maximum absolute atomic E-state index is 11.8. The van der Waals surface area contributed by atoms with Crippen LogP contribution in [0.4, 0.5) is 5.69 Å². The van der Waals surface area contributed by atoms with Crippen LogP contribution in [-0.4, -0.2) is 12.5 Å². The molecule has 2 heterocycles. The van der Waals surface area contributed by atoms with Crippen molar-refractivity contribution >= 4 is 11.6 Å². The third-order valence-corrected chi connectivity index (χ3v) is 3.72. The van der Waals surface area contributed by atoms with Crippen LogP contribution in [0.1, 0.15) is 31.4 Å². The number of carbonyl (C=O) groups is 1. The SMILES string of the molecule is CC1(C)CCN2C(=O)Cc3cccc1c32. The lowest BCUT2D eigenvalue weighted by Gasteiger charge is -2.37. The van der Waals surface area contributed by atoms with Crippen molar-refractivity contribution in [3.63, 3.8) is 0 Å². The lowest BCUT2D eigenvalue weighted by Crippen LogP contribution is -2.38. The van der Waals surface area contributed by atoms with Gasteiger partial charge in [0, 0.05) is 6.54 Å². The first-order chi connectivity index (χ1) is 7.09. The van der Waals surface area contributed by atoms with Gasteiger partial charge < -0.3 is 4.90 Å². The van der Waals surface area contributed by atoms with Gasteiger partial charge in [0.15, 0.2) is 0 Å². The molecule has 1 aromatic carbocycles. The Morgan fingerprint density at radius 2 is 2.13 bits per heavy atom. The summed E-state index contributed by atoms with van der Waals surface area (Å²) in [6.45, 7) is 5.42. The van der Waals surface area contributed by atoms with Gasteiger partial charge in [0.2, 0.25) is 5.91 Å². The monoisotopic (exact) mass is 201 g/mol. The van der Waals surface area contributed by atoms with Gasteiger partial charge in [0.05, 0.1) is 12.1 Å². The molecular weight excluding hydrogens is 186 g/mol. The Morgan fingerprint density at radius 1 is 1.33 bits per heavy atom. The van der Waals surface area contributed by atoms with Crippen molar-refractivity contribution in [3.8, 4) is 0 Å². The molecule has 2 aliphatic rings. The van der Waals surface area contributed by atoms with Gasteiger partial charge in [-0.1, -0.05) is 32.0 Å². The van der Waals surface area contributed by atoms with E-state index >= 15 is 0 Å². The summed E-state index contributed by atoms with van der Waals surface area (Å²) in [7, 11) is 0. The molecule has 0 bridgehead atoms. The van der Waals surface area contributed by atoms with Gasteiger partial charge in [-0.25, -0.2) is 0 Å². The highest BCUT2D eigenvalue weighted by Crippen LogP contribution is 2.44. The van der Waals surface area contributed by atoms with E-state index in [1.165, 1.54) is 16.8 Å². The molecule has 2 aliphatic heterocycles. The van der Waals surface area contributed by atoms with E-state index in [-0.39, 0.29) is 11.3 Å². The Hall–Kier alpha value is -1.31. The van der Waals surface area contributed by atoms with Crippen molar-refractivity contribution in [3.05, 3.63) is 29.3 Å². The minimum atomic E-state index is 0.215. The molecule has 0 spiro atoms. The zero-order valence-corrected chi connectivity index (χ0v) is 9.21. The van der Waals surface area contributed by atoms with E-state index in [1.54, 1.807) is 0 Å². The molecule has 0 saturated carbocycles. The number of carbonyl (C=O) groups excluding carboxylic acids is 1. The topological polar surface area (TPSA) is 20.3 Å². The Labute approximate surface area is 89.9 Å². The van der Waals surface area contributed by atoms with Crippen molar-refractivity contribution < 1.29 is 4.79 Å². The Bertz CT molecular complexity index is 448. The first kappa shape index (κ1) is 8.96. The first-order valence-electron chi connectivity index (χ1n) is 5.52. The summed E-state index contributed by atoms with van der Waals surface area (Å²) in [5.41, 5.74) is 3.98. The van der Waals surface area contributed by atoms with Gasteiger partial charge in [0.25, 0.3) is 0 Å². The summed E-state index contributed by atoms with van der Waals surface area (Å²) >= 11 is 0. The molecule has 0 aromatic heterocycles. The third-order valence-electron chi connectivity index (χ3n) is 3.72. The molecule has 0 atom stereocenters. The molecule has 0 aliphatic carbocycles. The summed E-state index contributed by atoms with van der Waals surface area (Å²) in [5, 5.41) is 0. The molecule has 1 aromatic rings. The number of rotatable bonds is 0. The van der Waals surface area contributed by atoms with Crippen LogP contribution < -0.4 is 4.90 Å². The van der Waals surface area contributed by atoms with Gasteiger partial charge >= 0.3 is 0 Å². The van der Waals surface area contributed by atoms with E-state index in [4.69, 9.17) is 0 Å². The van der Waals surface area contributed by atoms with E-state index in [0.717, 1.165) is 13.0 Å². The standard InChI is InChI=1S/C13H15NO/c1-13(2)6-7-14-11(15)8-9-4-3-5-10(13)12(9)14/h3-5H,6-8H2,1-2H3. The summed E-state index contributed by atoms with van der Waals surface area (Å²) in [6, 6.07) is 6.33. The van der Waals surface area contributed by atoms with E-state index in [0.29, 0.717) is 6.42 Å². The lowest BCUT2D eigenvalue weighted by molar-refractivity contribution is -0.117. The van der Waals surface area contributed by atoms with E-state index in [1.807, 2.05) is 4.90 Å². The number of anilines is 1. The number of hydrogen-bond donors (Lipinski definition) is 0.